The molecule has 6 nitrogen and oxygen atoms in total. The zero-order valence-electron chi connectivity index (χ0n) is 18.1. The van der Waals surface area contributed by atoms with E-state index in [9.17, 15) is 9.59 Å². The molecule has 3 aromatic rings. The van der Waals surface area contributed by atoms with E-state index in [2.05, 4.69) is 36.9 Å². The number of carbonyl (C=O) groups is 1. The first-order valence-corrected chi connectivity index (χ1v) is 13.5. The molecule has 1 atom stereocenters. The van der Waals surface area contributed by atoms with E-state index in [0.717, 1.165) is 19.4 Å². The maximum absolute atomic E-state index is 13.6. The number of aromatic nitrogens is 1. The van der Waals surface area contributed by atoms with Gasteiger partial charge in [-0.3, -0.25) is 9.36 Å². The zero-order valence-corrected chi connectivity index (χ0v) is 22.9. The molecule has 1 aliphatic rings. The van der Waals surface area contributed by atoms with Gasteiger partial charge in [0.25, 0.3) is 5.56 Å². The Labute approximate surface area is 215 Å². The molecule has 0 amide bonds. The highest BCUT2D eigenvalue weighted by Crippen LogP contribution is 2.34. The Hall–Kier alpha value is -2.01. The van der Waals surface area contributed by atoms with Crippen molar-refractivity contribution in [1.29, 1.82) is 0 Å². The van der Waals surface area contributed by atoms with Crippen molar-refractivity contribution < 1.29 is 14.3 Å². The fourth-order valence-electron chi connectivity index (χ4n) is 3.63. The Morgan fingerprint density at radius 2 is 2.06 bits per heavy atom. The van der Waals surface area contributed by atoms with Crippen molar-refractivity contribution in [2.75, 3.05) is 13.2 Å². The average molecular weight is 612 g/mol. The molecule has 33 heavy (non-hydrogen) atoms. The summed E-state index contributed by atoms with van der Waals surface area (Å²) in [4.78, 5) is 32.5. The summed E-state index contributed by atoms with van der Waals surface area (Å²) in [6.45, 7) is 6.18. The van der Waals surface area contributed by atoms with Gasteiger partial charge in [-0.1, -0.05) is 33.3 Å². The minimum atomic E-state index is -0.581. The number of benzene rings is 1. The minimum Gasteiger partial charge on any atom is -0.492 e. The van der Waals surface area contributed by atoms with Gasteiger partial charge in [-0.15, -0.1) is 11.3 Å². The van der Waals surface area contributed by atoms with Crippen molar-refractivity contribution in [1.82, 2.24) is 4.57 Å². The number of nitrogens with zero attached hydrogens (tertiary/aromatic N) is 2. The molecule has 0 unspecified atom stereocenters. The number of fused-ring (bicyclic) bond motifs is 1. The maximum atomic E-state index is 13.6. The van der Waals surface area contributed by atoms with Crippen LogP contribution in [0.5, 0.6) is 5.75 Å². The summed E-state index contributed by atoms with van der Waals surface area (Å²) < 4.78 is 14.9. The molecule has 0 aliphatic carbocycles. The molecule has 0 radical (unpaired) electrons. The monoisotopic (exact) mass is 610 g/mol. The highest BCUT2D eigenvalue weighted by molar-refractivity contribution is 9.11. The van der Waals surface area contributed by atoms with Crippen LogP contribution < -0.4 is 19.6 Å². The predicted molar refractivity (Wildman–Crippen MR) is 138 cm³/mol. The molecule has 1 aliphatic heterocycles. The van der Waals surface area contributed by atoms with Crippen molar-refractivity contribution in [2.24, 2.45) is 4.99 Å². The Balaban J connectivity index is 1.96. The van der Waals surface area contributed by atoms with Gasteiger partial charge in [0.15, 0.2) is 4.80 Å². The van der Waals surface area contributed by atoms with Crippen LogP contribution in [0.1, 0.15) is 37.3 Å². The van der Waals surface area contributed by atoms with Crippen LogP contribution in [0, 0.1) is 0 Å². The largest absolute Gasteiger partial charge is 0.492 e. The Morgan fingerprint density at radius 1 is 1.27 bits per heavy atom. The molecule has 0 N–H and O–H groups in total. The predicted octanol–water partition coefficient (Wildman–Crippen LogP) is 4.78. The van der Waals surface area contributed by atoms with Gasteiger partial charge in [0.2, 0.25) is 0 Å². The lowest BCUT2D eigenvalue weighted by atomic mass is 10.0. The van der Waals surface area contributed by atoms with E-state index < -0.39 is 12.0 Å². The smallest absolute Gasteiger partial charge is 0.338 e. The van der Waals surface area contributed by atoms with Gasteiger partial charge < -0.3 is 9.47 Å². The van der Waals surface area contributed by atoms with Crippen LogP contribution >= 0.6 is 54.5 Å². The third-order valence-corrected chi connectivity index (χ3v) is 7.90. The molecule has 0 spiro atoms. The van der Waals surface area contributed by atoms with E-state index >= 15 is 0 Å². The number of rotatable bonds is 6. The van der Waals surface area contributed by atoms with Crippen LogP contribution in [-0.4, -0.2) is 23.8 Å². The first-order valence-electron chi connectivity index (χ1n) is 10.2. The second-order valence-electron chi connectivity index (χ2n) is 7.06. The average Bonchev–Trinajstić information content (AvgIpc) is 3.38. The second-order valence-corrected chi connectivity index (χ2v) is 10.8. The summed E-state index contributed by atoms with van der Waals surface area (Å²) in [6.07, 6.45) is 1.80. The first-order chi connectivity index (χ1) is 15.8. The standard InChI is InChI=1S/C23H20Br2N2O4S2/c1-4-30-20-13(9-14(24)11-15(20)25)10-17-21(28)27-19(16-7-6-8-32-16)18(22(29)31-5-2)12(3)26-23(27)33-17/h6-11,19H,4-5H2,1-3H3/b17-10-/t19-/m0/s1. The number of hydrogen-bond acceptors (Lipinski definition) is 7. The summed E-state index contributed by atoms with van der Waals surface area (Å²) in [7, 11) is 0. The lowest BCUT2D eigenvalue weighted by Gasteiger charge is -2.23. The van der Waals surface area contributed by atoms with E-state index in [4.69, 9.17) is 9.47 Å². The molecule has 0 saturated heterocycles. The van der Waals surface area contributed by atoms with Gasteiger partial charge in [0, 0.05) is 14.9 Å². The third kappa shape index (κ3) is 4.66. The molecular weight excluding hydrogens is 592 g/mol. The summed E-state index contributed by atoms with van der Waals surface area (Å²) in [5.74, 6) is 0.200. The van der Waals surface area contributed by atoms with Crippen LogP contribution in [0.3, 0.4) is 0 Å². The molecule has 0 bridgehead atoms. The summed E-state index contributed by atoms with van der Waals surface area (Å²) in [6, 6.07) is 7.04. The van der Waals surface area contributed by atoms with Gasteiger partial charge in [-0.05, 0) is 66.4 Å². The molecule has 4 rings (SSSR count). The summed E-state index contributed by atoms with van der Waals surface area (Å²) in [5.41, 5.74) is 1.49. The number of thiazole rings is 1. The maximum Gasteiger partial charge on any atom is 0.338 e. The molecule has 0 saturated carbocycles. The lowest BCUT2D eigenvalue weighted by Crippen LogP contribution is -2.39. The lowest BCUT2D eigenvalue weighted by molar-refractivity contribution is -0.139. The number of allylic oxidation sites excluding steroid dienone is 1. The van der Waals surface area contributed by atoms with Crippen molar-refractivity contribution >= 4 is 66.6 Å². The van der Waals surface area contributed by atoms with Gasteiger partial charge in [0.05, 0.1) is 33.5 Å². The van der Waals surface area contributed by atoms with Gasteiger partial charge in [0.1, 0.15) is 11.8 Å². The normalized spacial score (nSPS) is 15.9. The van der Waals surface area contributed by atoms with Crippen molar-refractivity contribution in [2.45, 2.75) is 26.8 Å². The van der Waals surface area contributed by atoms with Crippen LogP contribution in [0.2, 0.25) is 0 Å². The molecule has 0 fully saturated rings. The molecular formula is C23H20Br2N2O4S2. The van der Waals surface area contributed by atoms with Gasteiger partial charge in [-0.25, -0.2) is 9.79 Å². The summed E-state index contributed by atoms with van der Waals surface area (Å²) >= 11 is 9.82. The van der Waals surface area contributed by atoms with Crippen molar-refractivity contribution in [3.05, 3.63) is 80.0 Å². The molecule has 2 aromatic heterocycles. The van der Waals surface area contributed by atoms with E-state index in [1.807, 2.05) is 36.6 Å². The number of ether oxygens (including phenoxy) is 2. The van der Waals surface area contributed by atoms with Crippen molar-refractivity contribution in [3.63, 3.8) is 0 Å². The number of halogens is 2. The van der Waals surface area contributed by atoms with Crippen LogP contribution in [0.4, 0.5) is 0 Å². The Kier molecular flexibility index (Phi) is 7.37. The first kappa shape index (κ1) is 24.1. The Bertz CT molecular complexity index is 1420. The van der Waals surface area contributed by atoms with Gasteiger partial charge >= 0.3 is 5.97 Å². The molecule has 1 aromatic carbocycles. The van der Waals surface area contributed by atoms with Crippen LogP contribution in [0.15, 0.2) is 59.6 Å². The highest BCUT2D eigenvalue weighted by Gasteiger charge is 2.33. The molecule has 3 heterocycles. The van der Waals surface area contributed by atoms with Crippen molar-refractivity contribution in [3.8, 4) is 5.75 Å². The molecule has 10 heteroatoms. The van der Waals surface area contributed by atoms with E-state index in [0.29, 0.717) is 33.0 Å². The SMILES string of the molecule is CCOC(=O)C1=C(C)N=c2s/c(=C\c3cc(Br)cc(Br)c3OCC)c(=O)n2[C@H]1c1cccs1. The zero-order chi connectivity index (χ0) is 23.7. The van der Waals surface area contributed by atoms with Gasteiger partial charge in [-0.2, -0.15) is 0 Å². The number of esters is 1. The van der Waals surface area contributed by atoms with E-state index in [1.54, 1.807) is 24.5 Å². The summed E-state index contributed by atoms with van der Waals surface area (Å²) in [5, 5.41) is 1.93. The number of hydrogen-bond donors (Lipinski definition) is 0. The van der Waals surface area contributed by atoms with Crippen LogP contribution in [0.25, 0.3) is 6.08 Å². The fraction of sp³-hybridized carbons (Fsp3) is 0.261. The fourth-order valence-corrected chi connectivity index (χ4v) is 6.87. The Morgan fingerprint density at radius 3 is 2.73 bits per heavy atom. The topological polar surface area (TPSA) is 69.9 Å². The van der Waals surface area contributed by atoms with E-state index in [-0.39, 0.29) is 12.2 Å². The number of carbonyl (C=O) groups excluding carboxylic acids is 1. The number of thiophene rings is 1. The second kappa shape index (κ2) is 10.1. The minimum absolute atomic E-state index is 0.218. The highest BCUT2D eigenvalue weighted by atomic mass is 79.9. The quantitative estimate of drug-likeness (QED) is 0.376. The third-order valence-electron chi connectivity index (χ3n) is 4.94. The van der Waals surface area contributed by atoms with E-state index in [1.165, 1.54) is 22.7 Å². The van der Waals surface area contributed by atoms with Crippen LogP contribution in [-0.2, 0) is 9.53 Å². The molecule has 172 valence electrons.